The van der Waals surface area contributed by atoms with Crippen LogP contribution < -0.4 is 9.46 Å². The molecule has 0 aliphatic rings. The summed E-state index contributed by atoms with van der Waals surface area (Å²) >= 11 is 1.33. The van der Waals surface area contributed by atoms with Crippen molar-refractivity contribution in [3.05, 3.63) is 59.7 Å². The van der Waals surface area contributed by atoms with Crippen molar-refractivity contribution in [3.8, 4) is 5.75 Å². The van der Waals surface area contributed by atoms with Crippen molar-refractivity contribution in [2.45, 2.75) is 89.6 Å². The second kappa shape index (κ2) is 10.4. The van der Waals surface area contributed by atoms with Crippen molar-refractivity contribution in [1.29, 1.82) is 0 Å². The molecule has 0 aliphatic carbocycles. The Balaban J connectivity index is 2.26. The standard InChI is InChI=1S/C26H37NO2S/c1-8-22(24(28)27-30-20-14-12-11-13-15-20)29-23-17-16-19(25(4,5)9-2)18-21(23)26(6,7)10-3/h11-18,22H,8-10H2,1-7H3,(H,27,28). The molecule has 0 saturated carbocycles. The van der Waals surface area contributed by atoms with Gasteiger partial charge in [0.2, 0.25) is 0 Å². The maximum Gasteiger partial charge on any atom is 0.271 e. The molecule has 1 unspecified atom stereocenters. The Labute approximate surface area is 187 Å². The Morgan fingerprint density at radius 3 is 2.17 bits per heavy atom. The van der Waals surface area contributed by atoms with E-state index in [9.17, 15) is 4.79 Å². The molecule has 4 heteroatoms. The van der Waals surface area contributed by atoms with E-state index >= 15 is 0 Å². The molecule has 3 nitrogen and oxygen atoms in total. The van der Waals surface area contributed by atoms with Gasteiger partial charge in [0.15, 0.2) is 6.10 Å². The average Bonchev–Trinajstić information content (AvgIpc) is 2.76. The van der Waals surface area contributed by atoms with E-state index in [1.54, 1.807) is 0 Å². The summed E-state index contributed by atoms with van der Waals surface area (Å²) in [5, 5.41) is 0. The van der Waals surface area contributed by atoms with Crippen LogP contribution >= 0.6 is 11.9 Å². The number of amides is 1. The summed E-state index contributed by atoms with van der Waals surface area (Å²) in [6, 6.07) is 16.3. The van der Waals surface area contributed by atoms with Gasteiger partial charge in [-0.05, 0) is 65.8 Å². The Kier molecular flexibility index (Phi) is 8.42. The maximum absolute atomic E-state index is 12.8. The van der Waals surface area contributed by atoms with Crippen LogP contribution in [0.1, 0.15) is 78.9 Å². The molecule has 1 N–H and O–H groups in total. The lowest BCUT2D eigenvalue weighted by Gasteiger charge is -2.31. The van der Waals surface area contributed by atoms with Crippen LogP contribution in [0.15, 0.2) is 53.4 Å². The lowest BCUT2D eigenvalue weighted by molar-refractivity contribution is -0.126. The van der Waals surface area contributed by atoms with Gasteiger partial charge >= 0.3 is 0 Å². The maximum atomic E-state index is 12.8. The number of rotatable bonds is 10. The normalized spacial score (nSPS) is 13.0. The molecule has 164 valence electrons. The van der Waals surface area contributed by atoms with Crippen LogP contribution in [0.25, 0.3) is 0 Å². The third kappa shape index (κ3) is 6.04. The molecule has 0 bridgehead atoms. The number of carbonyl (C=O) groups excluding carboxylic acids is 1. The van der Waals surface area contributed by atoms with Crippen molar-refractivity contribution in [2.24, 2.45) is 0 Å². The van der Waals surface area contributed by atoms with E-state index in [1.165, 1.54) is 23.1 Å². The fourth-order valence-electron chi connectivity index (χ4n) is 3.12. The van der Waals surface area contributed by atoms with E-state index < -0.39 is 6.10 Å². The molecule has 0 radical (unpaired) electrons. The van der Waals surface area contributed by atoms with E-state index in [0.717, 1.165) is 23.5 Å². The molecule has 2 aromatic rings. The van der Waals surface area contributed by atoms with Crippen LogP contribution in [0.3, 0.4) is 0 Å². The first-order chi connectivity index (χ1) is 14.1. The summed E-state index contributed by atoms with van der Waals surface area (Å²) in [5.74, 6) is 0.703. The van der Waals surface area contributed by atoms with Gasteiger partial charge in [0.1, 0.15) is 5.75 Å². The molecule has 30 heavy (non-hydrogen) atoms. The Bertz CT molecular complexity index is 830. The third-order valence-corrected chi connectivity index (χ3v) is 7.01. The summed E-state index contributed by atoms with van der Waals surface area (Å²) in [7, 11) is 0. The van der Waals surface area contributed by atoms with Crippen LogP contribution in [0.4, 0.5) is 0 Å². The van der Waals surface area contributed by atoms with Gasteiger partial charge < -0.3 is 4.74 Å². The van der Waals surface area contributed by atoms with Gasteiger partial charge in [0.25, 0.3) is 5.91 Å². The zero-order valence-electron chi connectivity index (χ0n) is 19.5. The number of ether oxygens (including phenoxy) is 1. The predicted molar refractivity (Wildman–Crippen MR) is 128 cm³/mol. The summed E-state index contributed by atoms with van der Waals surface area (Å²) < 4.78 is 9.25. The predicted octanol–water partition coefficient (Wildman–Crippen LogP) is 7.04. The van der Waals surface area contributed by atoms with Crippen molar-refractivity contribution in [2.75, 3.05) is 0 Å². The molecule has 1 amide bonds. The second-order valence-corrected chi connectivity index (χ2v) is 9.96. The van der Waals surface area contributed by atoms with Crippen LogP contribution in [0, 0.1) is 0 Å². The topological polar surface area (TPSA) is 38.3 Å². The van der Waals surface area contributed by atoms with Crippen molar-refractivity contribution in [3.63, 3.8) is 0 Å². The first-order valence-corrected chi connectivity index (χ1v) is 11.8. The van der Waals surface area contributed by atoms with Crippen molar-refractivity contribution >= 4 is 17.9 Å². The number of hydrogen-bond acceptors (Lipinski definition) is 3. The van der Waals surface area contributed by atoms with Crippen LogP contribution in [-0.4, -0.2) is 12.0 Å². The first-order valence-electron chi connectivity index (χ1n) is 11.0. The molecule has 1 atom stereocenters. The van der Waals surface area contributed by atoms with E-state index in [1.807, 2.05) is 37.3 Å². The van der Waals surface area contributed by atoms with Gasteiger partial charge in [-0.2, -0.15) is 0 Å². The highest BCUT2D eigenvalue weighted by atomic mass is 32.2. The Morgan fingerprint density at radius 2 is 1.60 bits per heavy atom. The molecule has 0 saturated heterocycles. The van der Waals surface area contributed by atoms with Gasteiger partial charge in [-0.25, -0.2) is 0 Å². The largest absolute Gasteiger partial charge is 0.480 e. The van der Waals surface area contributed by atoms with Gasteiger partial charge in [-0.15, -0.1) is 0 Å². The lowest BCUT2D eigenvalue weighted by Crippen LogP contribution is -2.35. The quantitative estimate of drug-likeness (QED) is 0.413. The van der Waals surface area contributed by atoms with Gasteiger partial charge in [0, 0.05) is 10.5 Å². The summed E-state index contributed by atoms with van der Waals surface area (Å²) in [5.41, 5.74) is 2.55. The summed E-state index contributed by atoms with van der Waals surface area (Å²) in [6.45, 7) is 15.4. The molecule has 2 rings (SSSR count). The zero-order valence-corrected chi connectivity index (χ0v) is 20.4. The average molecular weight is 428 g/mol. The Morgan fingerprint density at radius 1 is 0.967 bits per heavy atom. The van der Waals surface area contributed by atoms with E-state index in [0.29, 0.717) is 6.42 Å². The Hall–Kier alpha value is -1.94. The lowest BCUT2D eigenvalue weighted by atomic mass is 9.76. The number of benzene rings is 2. The second-order valence-electron chi connectivity index (χ2n) is 9.08. The number of carbonyl (C=O) groups is 1. The van der Waals surface area contributed by atoms with E-state index in [4.69, 9.17) is 4.74 Å². The molecule has 0 fully saturated rings. The third-order valence-electron chi connectivity index (χ3n) is 6.20. The number of hydrogen-bond donors (Lipinski definition) is 1. The van der Waals surface area contributed by atoms with E-state index in [2.05, 4.69) is 64.5 Å². The molecule has 0 spiro atoms. The smallest absolute Gasteiger partial charge is 0.271 e. The highest BCUT2D eigenvalue weighted by Gasteiger charge is 2.28. The first kappa shape index (κ1) is 24.3. The molecule has 0 aromatic heterocycles. The zero-order chi connectivity index (χ0) is 22.4. The summed E-state index contributed by atoms with van der Waals surface area (Å²) in [6.07, 6.45) is 2.13. The van der Waals surface area contributed by atoms with Crippen LogP contribution in [-0.2, 0) is 15.6 Å². The fourth-order valence-corrected chi connectivity index (χ4v) is 3.76. The summed E-state index contributed by atoms with van der Waals surface area (Å²) in [4.78, 5) is 13.8. The minimum absolute atomic E-state index is 0.0390. The minimum Gasteiger partial charge on any atom is -0.480 e. The fraction of sp³-hybridized carbons (Fsp3) is 0.500. The van der Waals surface area contributed by atoms with Gasteiger partial charge in [-0.3, -0.25) is 9.52 Å². The molecule has 2 aromatic carbocycles. The van der Waals surface area contributed by atoms with Crippen LogP contribution in [0.2, 0.25) is 0 Å². The minimum atomic E-state index is -0.530. The monoisotopic (exact) mass is 427 g/mol. The van der Waals surface area contributed by atoms with Crippen molar-refractivity contribution < 1.29 is 9.53 Å². The van der Waals surface area contributed by atoms with Crippen LogP contribution in [0.5, 0.6) is 5.75 Å². The molecule has 0 heterocycles. The molecule has 0 aliphatic heterocycles. The highest BCUT2D eigenvalue weighted by Crippen LogP contribution is 2.39. The number of nitrogens with one attached hydrogen (secondary N) is 1. The van der Waals surface area contributed by atoms with E-state index in [-0.39, 0.29) is 16.7 Å². The molecular formula is C26H37NO2S. The SMILES string of the molecule is CCC(Oc1ccc(C(C)(C)CC)cc1C(C)(C)CC)C(=O)NSc1ccccc1. The highest BCUT2D eigenvalue weighted by molar-refractivity contribution is 7.98. The van der Waals surface area contributed by atoms with Gasteiger partial charge in [0.05, 0.1) is 0 Å². The van der Waals surface area contributed by atoms with Crippen molar-refractivity contribution in [1.82, 2.24) is 4.72 Å². The molecular weight excluding hydrogens is 390 g/mol. The van der Waals surface area contributed by atoms with Gasteiger partial charge in [-0.1, -0.05) is 78.8 Å².